The molecule has 9 nitrogen and oxygen atoms in total. The van der Waals surface area contributed by atoms with E-state index in [1.807, 2.05) is 0 Å². The van der Waals surface area contributed by atoms with Crippen molar-refractivity contribution in [2.24, 2.45) is 0 Å². The molecule has 12 heteroatoms. The van der Waals surface area contributed by atoms with Gasteiger partial charge in [-0.05, 0) is 0 Å². The van der Waals surface area contributed by atoms with Gasteiger partial charge in [-0.15, -0.1) is 0 Å². The van der Waals surface area contributed by atoms with Gasteiger partial charge in [0.2, 0.25) is 0 Å². The molecule has 1 atom stereocenters. The average Bonchev–Trinajstić information content (AvgIpc) is 1.98. The van der Waals surface area contributed by atoms with Crippen LogP contribution in [0.3, 0.4) is 0 Å². The largest absolute Gasteiger partial charge is 1.00 e. The van der Waals surface area contributed by atoms with Gasteiger partial charge in [-0.25, -0.2) is 4.79 Å². The molecule has 0 radical (unpaired) electrons. The molecule has 20 heavy (non-hydrogen) atoms. The van der Waals surface area contributed by atoms with Gasteiger partial charge in [-0.3, -0.25) is 9.59 Å². The SMILES string of the molecule is CC(=O)O.O=C([O-])CC(O)(CC(=O)O)C(=O)O.[Cl-].[Na+].[Na+]. The van der Waals surface area contributed by atoms with Crippen molar-refractivity contribution < 1.29 is 116 Å². The normalized spacial score (nSPS) is 10.7. The maximum absolute atomic E-state index is 10.3. The smallest absolute Gasteiger partial charge is 1.00 e. The van der Waals surface area contributed by atoms with E-state index in [4.69, 9.17) is 25.2 Å². The molecule has 0 aliphatic carbocycles. The average molecular weight is 333 g/mol. The molecule has 0 aliphatic rings. The Bertz CT molecular complexity index is 314. The van der Waals surface area contributed by atoms with E-state index in [-0.39, 0.29) is 71.5 Å². The van der Waals surface area contributed by atoms with E-state index in [0.717, 1.165) is 6.92 Å². The summed E-state index contributed by atoms with van der Waals surface area (Å²) in [6.07, 6.45) is -2.44. The zero-order chi connectivity index (χ0) is 14.2. The minimum Gasteiger partial charge on any atom is -1.00 e. The topological polar surface area (TPSA) is 172 Å². The fraction of sp³-hybridized carbons (Fsp3) is 0.500. The predicted molar refractivity (Wildman–Crippen MR) is 47.8 cm³/mol. The summed E-state index contributed by atoms with van der Waals surface area (Å²) in [5, 5.41) is 42.9. The summed E-state index contributed by atoms with van der Waals surface area (Å²) in [5.41, 5.74) is -2.80. The quantitative estimate of drug-likeness (QED) is 0.356. The van der Waals surface area contributed by atoms with E-state index in [1.165, 1.54) is 0 Å². The molecule has 106 valence electrons. The van der Waals surface area contributed by atoms with Gasteiger partial charge in [0.15, 0.2) is 5.60 Å². The minimum atomic E-state index is -2.80. The summed E-state index contributed by atoms with van der Waals surface area (Å²) in [7, 11) is 0. The van der Waals surface area contributed by atoms with Crippen LogP contribution in [0.15, 0.2) is 0 Å². The number of carbonyl (C=O) groups excluding carboxylic acids is 1. The van der Waals surface area contributed by atoms with Crippen molar-refractivity contribution >= 4 is 23.9 Å². The summed E-state index contributed by atoms with van der Waals surface area (Å²) in [6, 6.07) is 0. The Hall–Kier alpha value is 0.130. The van der Waals surface area contributed by atoms with E-state index < -0.39 is 42.3 Å². The van der Waals surface area contributed by atoms with Crippen molar-refractivity contribution in [2.75, 3.05) is 0 Å². The predicted octanol–water partition coefficient (Wildman–Crippen LogP) is -11.5. The van der Waals surface area contributed by atoms with E-state index in [0.29, 0.717) is 0 Å². The minimum absolute atomic E-state index is 0. The number of halogens is 1. The molecule has 0 saturated carbocycles. The molecule has 1 unspecified atom stereocenters. The number of carboxylic acid groups (broad SMARTS) is 4. The van der Waals surface area contributed by atoms with Crippen LogP contribution in [0, 0.1) is 0 Å². The molecule has 0 bridgehead atoms. The van der Waals surface area contributed by atoms with Crippen LogP contribution in [0.25, 0.3) is 0 Å². The molecule has 0 fully saturated rings. The number of rotatable bonds is 5. The van der Waals surface area contributed by atoms with Gasteiger partial charge >= 0.3 is 71.1 Å². The molecule has 0 aromatic carbocycles. The third kappa shape index (κ3) is 20.4. The van der Waals surface area contributed by atoms with Crippen LogP contribution in [-0.4, -0.2) is 49.9 Å². The zero-order valence-electron chi connectivity index (χ0n) is 11.1. The first-order valence-electron chi connectivity index (χ1n) is 4.08. The number of aliphatic carboxylic acids is 4. The van der Waals surface area contributed by atoms with Crippen molar-refractivity contribution in [3.63, 3.8) is 0 Å². The van der Waals surface area contributed by atoms with Crippen LogP contribution in [0.5, 0.6) is 0 Å². The van der Waals surface area contributed by atoms with Crippen molar-refractivity contribution in [3.8, 4) is 0 Å². The zero-order valence-corrected chi connectivity index (χ0v) is 15.9. The fourth-order valence-corrected chi connectivity index (χ4v) is 0.703. The van der Waals surface area contributed by atoms with Gasteiger partial charge < -0.3 is 42.7 Å². The molecule has 0 aromatic rings. The summed E-state index contributed by atoms with van der Waals surface area (Å²) < 4.78 is 0. The van der Waals surface area contributed by atoms with Crippen molar-refractivity contribution in [1.29, 1.82) is 0 Å². The molecule has 0 amide bonds. The third-order valence-corrected chi connectivity index (χ3v) is 1.28. The molecule has 0 spiro atoms. The standard InChI is InChI=1S/C6H8O7.C2H4O2.ClH.2Na/c7-3(8)1-6(13,5(11)12)2-4(9)10;1-2(3)4;;;/h13H,1-2H2,(H,7,8)(H,9,10)(H,11,12);1H3,(H,3,4);1H;;/q;;;2*+1/p-2. The van der Waals surface area contributed by atoms with Crippen molar-refractivity contribution in [1.82, 2.24) is 0 Å². The molecular formula is C8H11ClNa2O9. The fourth-order valence-electron chi connectivity index (χ4n) is 0.703. The van der Waals surface area contributed by atoms with E-state index in [1.54, 1.807) is 0 Å². The summed E-state index contributed by atoms with van der Waals surface area (Å²) in [6.45, 7) is 1.08. The van der Waals surface area contributed by atoms with Gasteiger partial charge in [-0.1, -0.05) is 0 Å². The van der Waals surface area contributed by atoms with E-state index in [2.05, 4.69) is 0 Å². The van der Waals surface area contributed by atoms with Crippen molar-refractivity contribution in [2.45, 2.75) is 25.4 Å². The number of carboxylic acids is 4. The maximum atomic E-state index is 10.3. The van der Waals surface area contributed by atoms with Gasteiger partial charge in [0, 0.05) is 19.3 Å². The molecule has 0 rings (SSSR count). The van der Waals surface area contributed by atoms with Gasteiger partial charge in [0.25, 0.3) is 5.97 Å². The molecule has 4 N–H and O–H groups in total. The molecular weight excluding hydrogens is 322 g/mol. The van der Waals surface area contributed by atoms with Crippen LogP contribution >= 0.6 is 0 Å². The summed E-state index contributed by atoms with van der Waals surface area (Å²) >= 11 is 0. The third-order valence-electron chi connectivity index (χ3n) is 1.28. The Morgan fingerprint density at radius 3 is 1.45 bits per heavy atom. The van der Waals surface area contributed by atoms with E-state index in [9.17, 15) is 19.5 Å². The first kappa shape index (κ1) is 32.2. The Morgan fingerprint density at radius 1 is 1.00 bits per heavy atom. The molecule has 0 aromatic heterocycles. The number of hydrogen-bond acceptors (Lipinski definition) is 6. The van der Waals surface area contributed by atoms with Crippen LogP contribution in [0.1, 0.15) is 19.8 Å². The Balaban J connectivity index is -0.0000000951. The van der Waals surface area contributed by atoms with Crippen LogP contribution < -0.4 is 76.6 Å². The number of aliphatic hydroxyl groups is 1. The molecule has 0 heterocycles. The monoisotopic (exact) mass is 332 g/mol. The second-order valence-electron chi connectivity index (χ2n) is 2.98. The summed E-state index contributed by atoms with van der Waals surface area (Å²) in [4.78, 5) is 39.3. The van der Waals surface area contributed by atoms with Crippen LogP contribution in [0.4, 0.5) is 0 Å². The first-order chi connectivity index (χ1) is 7.51. The second-order valence-corrected chi connectivity index (χ2v) is 2.98. The van der Waals surface area contributed by atoms with Gasteiger partial charge in [0.05, 0.1) is 6.42 Å². The van der Waals surface area contributed by atoms with Crippen molar-refractivity contribution in [3.05, 3.63) is 0 Å². The van der Waals surface area contributed by atoms with Gasteiger partial charge in [0.1, 0.15) is 0 Å². The number of hydrogen-bond donors (Lipinski definition) is 4. The Kier molecular flexibility index (Phi) is 25.0. The molecule has 0 aliphatic heterocycles. The Labute approximate surface area is 164 Å². The van der Waals surface area contributed by atoms with Gasteiger partial charge in [-0.2, -0.15) is 0 Å². The maximum Gasteiger partial charge on any atom is 1.00 e. The molecule has 0 saturated heterocycles. The van der Waals surface area contributed by atoms with Crippen LogP contribution in [-0.2, 0) is 19.2 Å². The second kappa shape index (κ2) is 15.5. The van der Waals surface area contributed by atoms with E-state index >= 15 is 0 Å². The van der Waals surface area contributed by atoms with Crippen LogP contribution in [0.2, 0.25) is 0 Å². The Morgan fingerprint density at radius 2 is 1.30 bits per heavy atom. The first-order valence-corrected chi connectivity index (χ1v) is 4.08. The number of carbonyl (C=O) groups is 4. The summed E-state index contributed by atoms with van der Waals surface area (Å²) in [5.74, 6) is -6.17.